The Kier molecular flexibility index (Phi) is 5.09. The lowest BCUT2D eigenvalue weighted by atomic mass is 10.0. The minimum absolute atomic E-state index is 0.0442. The van der Waals surface area contributed by atoms with Crippen LogP contribution < -0.4 is 5.32 Å². The number of carbonyl (C=O) groups is 1. The molecule has 2 aromatic carbocycles. The Hall–Kier alpha value is -2.83. The number of ketones is 1. The van der Waals surface area contributed by atoms with Crippen molar-refractivity contribution in [2.24, 2.45) is 0 Å². The number of nitrogens with zero attached hydrogens (tertiary/aromatic N) is 3. The molecule has 1 aromatic heterocycles. The molecule has 0 bridgehead atoms. The monoisotopic (exact) mass is 362 g/mol. The Morgan fingerprint density at radius 2 is 2.11 bits per heavy atom. The number of Topliss-reactive ketones (excluding diaryl/α,β-unsaturated/α-hetero) is 1. The number of hydrogen-bond donors (Lipinski definition) is 1. The first-order chi connectivity index (χ1) is 13.2. The Balaban J connectivity index is 1.43. The Labute approximate surface area is 158 Å². The van der Waals surface area contributed by atoms with Crippen molar-refractivity contribution in [3.63, 3.8) is 0 Å². The molecule has 27 heavy (non-hydrogen) atoms. The minimum atomic E-state index is -0.0442. The third-order valence-electron chi connectivity index (χ3n) is 4.65. The molecule has 2 heterocycles. The van der Waals surface area contributed by atoms with E-state index in [0.717, 1.165) is 42.1 Å². The van der Waals surface area contributed by atoms with Crippen LogP contribution in [0, 0.1) is 6.92 Å². The highest BCUT2D eigenvalue weighted by molar-refractivity contribution is 5.95. The minimum Gasteiger partial charge on any atom is -0.371 e. The molecule has 1 saturated heterocycles. The first-order valence-corrected chi connectivity index (χ1v) is 9.13. The van der Waals surface area contributed by atoms with E-state index < -0.39 is 0 Å². The van der Waals surface area contributed by atoms with E-state index in [1.807, 2.05) is 55.5 Å². The van der Waals surface area contributed by atoms with Crippen LogP contribution in [0.15, 0.2) is 54.7 Å². The molecule has 6 nitrogen and oxygen atoms in total. The van der Waals surface area contributed by atoms with Gasteiger partial charge in [-0.05, 0) is 35.7 Å². The molecule has 1 N–H and O–H groups in total. The maximum atomic E-state index is 12.6. The van der Waals surface area contributed by atoms with Crippen LogP contribution in [0.25, 0.3) is 5.69 Å². The van der Waals surface area contributed by atoms with Gasteiger partial charge in [0.25, 0.3) is 0 Å². The highest BCUT2D eigenvalue weighted by atomic mass is 16.5. The van der Waals surface area contributed by atoms with Crippen LogP contribution in [-0.4, -0.2) is 40.5 Å². The van der Waals surface area contributed by atoms with Crippen molar-refractivity contribution in [2.75, 3.05) is 19.7 Å². The van der Waals surface area contributed by atoms with Crippen LogP contribution >= 0.6 is 0 Å². The van der Waals surface area contributed by atoms with Crippen molar-refractivity contribution in [3.8, 4) is 5.69 Å². The Morgan fingerprint density at radius 1 is 1.26 bits per heavy atom. The summed E-state index contributed by atoms with van der Waals surface area (Å²) in [4.78, 5) is 14.1. The molecule has 0 amide bonds. The molecule has 1 atom stereocenters. The number of rotatable bonds is 5. The lowest BCUT2D eigenvalue weighted by Gasteiger charge is -2.24. The number of nitrogens with one attached hydrogen (secondary N) is 1. The molecule has 0 saturated carbocycles. The summed E-state index contributed by atoms with van der Waals surface area (Å²) in [6.45, 7) is 4.45. The summed E-state index contributed by atoms with van der Waals surface area (Å²) in [5, 5.41) is 11.9. The molecule has 0 spiro atoms. The smallest absolute Gasteiger partial charge is 0.189 e. The lowest BCUT2D eigenvalue weighted by Crippen LogP contribution is -2.33. The number of ether oxygens (including phenoxy) is 1. The normalized spacial score (nSPS) is 17.0. The number of aryl methyl sites for hydroxylation is 1. The van der Waals surface area contributed by atoms with Gasteiger partial charge in [-0.1, -0.05) is 36.4 Å². The molecule has 1 fully saturated rings. The molecule has 4 rings (SSSR count). The highest BCUT2D eigenvalue weighted by Crippen LogP contribution is 2.19. The first kappa shape index (κ1) is 17.6. The van der Waals surface area contributed by atoms with Crippen molar-refractivity contribution < 1.29 is 9.53 Å². The topological polar surface area (TPSA) is 69.0 Å². The molecule has 138 valence electrons. The summed E-state index contributed by atoms with van der Waals surface area (Å²) < 4.78 is 5.76. The molecular formula is C21H22N4O2. The number of morpholine rings is 1. The fraction of sp³-hybridized carbons (Fsp3) is 0.286. The average Bonchev–Trinajstić information content (AvgIpc) is 3.20. The molecule has 0 aliphatic carbocycles. The molecule has 0 radical (unpaired) electrons. The van der Waals surface area contributed by atoms with Gasteiger partial charge in [-0.25, -0.2) is 0 Å². The molecule has 6 heteroatoms. The SMILES string of the molecule is Cc1cccc(-n2ncc(C(=O)Cc3ccc([C@H]4CNCCO4)cc3)n2)c1. The Morgan fingerprint density at radius 3 is 2.85 bits per heavy atom. The summed E-state index contributed by atoms with van der Waals surface area (Å²) in [7, 11) is 0. The van der Waals surface area contributed by atoms with Gasteiger partial charge < -0.3 is 10.1 Å². The third kappa shape index (κ3) is 4.13. The molecule has 0 unspecified atom stereocenters. The standard InChI is InChI=1S/C21H22N4O2/c1-15-3-2-4-18(11-15)25-23-13-19(24-25)20(26)12-16-5-7-17(8-6-16)21-14-22-9-10-27-21/h2-8,11,13,21-22H,9-10,12,14H2,1H3/t21-/m1/s1. The van der Waals surface area contributed by atoms with E-state index in [1.54, 1.807) is 0 Å². The van der Waals surface area contributed by atoms with Gasteiger partial charge in [0.15, 0.2) is 5.78 Å². The number of benzene rings is 2. The fourth-order valence-electron chi connectivity index (χ4n) is 3.17. The second-order valence-electron chi connectivity index (χ2n) is 6.76. The predicted molar refractivity (Wildman–Crippen MR) is 102 cm³/mol. The zero-order valence-corrected chi connectivity index (χ0v) is 15.3. The average molecular weight is 362 g/mol. The summed E-state index contributed by atoms with van der Waals surface area (Å²) in [6.07, 6.45) is 1.91. The van der Waals surface area contributed by atoms with Crippen molar-refractivity contribution in [2.45, 2.75) is 19.4 Å². The van der Waals surface area contributed by atoms with Gasteiger partial charge in [-0.3, -0.25) is 4.79 Å². The zero-order valence-electron chi connectivity index (χ0n) is 15.3. The van der Waals surface area contributed by atoms with Gasteiger partial charge >= 0.3 is 0 Å². The van der Waals surface area contributed by atoms with Crippen LogP contribution in [0.4, 0.5) is 0 Å². The second kappa shape index (κ2) is 7.82. The first-order valence-electron chi connectivity index (χ1n) is 9.13. The molecule has 1 aliphatic heterocycles. The van der Waals surface area contributed by atoms with E-state index in [-0.39, 0.29) is 11.9 Å². The maximum Gasteiger partial charge on any atom is 0.189 e. The van der Waals surface area contributed by atoms with Crippen LogP contribution in [0.3, 0.4) is 0 Å². The van der Waals surface area contributed by atoms with Crippen molar-refractivity contribution in [3.05, 3.63) is 77.1 Å². The zero-order chi connectivity index (χ0) is 18.6. The van der Waals surface area contributed by atoms with Gasteiger partial charge in [0, 0.05) is 19.5 Å². The van der Waals surface area contributed by atoms with Crippen LogP contribution in [0.5, 0.6) is 0 Å². The van der Waals surface area contributed by atoms with Crippen molar-refractivity contribution in [1.29, 1.82) is 0 Å². The van der Waals surface area contributed by atoms with Crippen molar-refractivity contribution in [1.82, 2.24) is 20.3 Å². The van der Waals surface area contributed by atoms with Crippen LogP contribution in [0.2, 0.25) is 0 Å². The quantitative estimate of drug-likeness (QED) is 0.707. The molecular weight excluding hydrogens is 340 g/mol. The molecule has 3 aromatic rings. The number of carbonyl (C=O) groups excluding carboxylic acids is 1. The Bertz CT molecular complexity index is 927. The van der Waals surface area contributed by atoms with Crippen molar-refractivity contribution >= 4 is 5.78 Å². The van der Waals surface area contributed by atoms with E-state index in [2.05, 4.69) is 15.5 Å². The van der Waals surface area contributed by atoms with E-state index in [1.165, 1.54) is 11.0 Å². The van der Waals surface area contributed by atoms with Crippen LogP contribution in [0.1, 0.15) is 33.3 Å². The maximum absolute atomic E-state index is 12.6. The van der Waals surface area contributed by atoms with E-state index >= 15 is 0 Å². The predicted octanol–water partition coefficient (Wildman–Crippen LogP) is 2.66. The summed E-state index contributed by atoms with van der Waals surface area (Å²) in [5.41, 5.74) is 4.43. The van der Waals surface area contributed by atoms with Gasteiger partial charge in [0.1, 0.15) is 5.69 Å². The highest BCUT2D eigenvalue weighted by Gasteiger charge is 2.16. The number of hydrogen-bond acceptors (Lipinski definition) is 5. The van der Waals surface area contributed by atoms with Gasteiger partial charge in [0.05, 0.1) is 24.6 Å². The lowest BCUT2D eigenvalue weighted by molar-refractivity contribution is 0.0277. The fourth-order valence-corrected chi connectivity index (χ4v) is 3.17. The third-order valence-corrected chi connectivity index (χ3v) is 4.65. The van der Waals surface area contributed by atoms with Gasteiger partial charge in [-0.15, -0.1) is 5.10 Å². The van der Waals surface area contributed by atoms with E-state index in [9.17, 15) is 4.79 Å². The summed E-state index contributed by atoms with van der Waals surface area (Å²) in [5.74, 6) is -0.0442. The summed E-state index contributed by atoms with van der Waals surface area (Å²) >= 11 is 0. The second-order valence-corrected chi connectivity index (χ2v) is 6.76. The van der Waals surface area contributed by atoms with E-state index in [4.69, 9.17) is 4.74 Å². The van der Waals surface area contributed by atoms with Gasteiger partial charge in [0.2, 0.25) is 0 Å². The van der Waals surface area contributed by atoms with E-state index in [0.29, 0.717) is 12.1 Å². The van der Waals surface area contributed by atoms with Gasteiger partial charge in [-0.2, -0.15) is 9.90 Å². The largest absolute Gasteiger partial charge is 0.371 e. The number of aromatic nitrogens is 3. The summed E-state index contributed by atoms with van der Waals surface area (Å²) in [6, 6.07) is 15.9. The molecule has 1 aliphatic rings. The van der Waals surface area contributed by atoms with Crippen LogP contribution in [-0.2, 0) is 11.2 Å².